The summed E-state index contributed by atoms with van der Waals surface area (Å²) in [4.78, 5) is 2.38. The Hall–Kier alpha value is -0.150. The van der Waals surface area contributed by atoms with Crippen LogP contribution in [0.2, 0.25) is 0 Å². The molecule has 0 bridgehead atoms. The van der Waals surface area contributed by atoms with E-state index in [0.29, 0.717) is 18.5 Å². The summed E-state index contributed by atoms with van der Waals surface area (Å²) in [6, 6.07) is 0. The first-order chi connectivity index (χ1) is 7.20. The molecular formula is C12H25FN2. The number of piperidine rings is 2. The lowest BCUT2D eigenvalue weighted by molar-refractivity contribution is -0.0519. The molecule has 0 aromatic rings. The molecule has 2 heterocycles. The van der Waals surface area contributed by atoms with Crippen molar-refractivity contribution in [3.63, 3.8) is 0 Å². The van der Waals surface area contributed by atoms with E-state index in [9.17, 15) is 4.48 Å². The van der Waals surface area contributed by atoms with Gasteiger partial charge in [-0.05, 0) is 51.2 Å². The maximum Gasteiger partial charge on any atom is 0.0295 e. The highest BCUT2D eigenvalue weighted by Crippen LogP contribution is 2.40. The van der Waals surface area contributed by atoms with E-state index in [-0.39, 0.29) is 0 Å². The van der Waals surface area contributed by atoms with Crippen molar-refractivity contribution in [1.29, 1.82) is 0 Å². The molecule has 0 saturated carbocycles. The molecule has 2 saturated heterocycles. The van der Waals surface area contributed by atoms with Crippen molar-refractivity contribution in [1.82, 2.24) is 10.0 Å². The Balaban J connectivity index is 0.000000531. The Labute approximate surface area is 93.4 Å². The minimum atomic E-state index is 0.495. The average Bonchev–Trinajstić information content (AvgIpc) is 2.30. The topological polar surface area (TPSA) is 6.48 Å². The lowest BCUT2D eigenvalue weighted by atomic mass is 9.72. The Bertz CT molecular complexity index is 145. The summed E-state index contributed by atoms with van der Waals surface area (Å²) in [7, 11) is 2.18. The SMILES string of the molecule is CC.CN1CCC2(CC1)CCN(F)CC2. The van der Waals surface area contributed by atoms with Crippen LogP contribution in [0.15, 0.2) is 0 Å². The third-order valence-electron chi connectivity index (χ3n) is 3.82. The first-order valence-corrected chi connectivity index (χ1v) is 6.30. The van der Waals surface area contributed by atoms with Gasteiger partial charge in [-0.25, -0.2) is 0 Å². The average molecular weight is 216 g/mol. The highest BCUT2D eigenvalue weighted by Gasteiger charge is 2.36. The number of nitrogens with zero attached hydrogens (tertiary/aromatic N) is 2. The largest absolute Gasteiger partial charge is 0.306 e. The Morgan fingerprint density at radius 3 is 1.73 bits per heavy atom. The molecule has 3 heteroatoms. The van der Waals surface area contributed by atoms with Gasteiger partial charge in [0, 0.05) is 13.1 Å². The van der Waals surface area contributed by atoms with Gasteiger partial charge in [-0.2, -0.15) is 0 Å². The van der Waals surface area contributed by atoms with E-state index in [4.69, 9.17) is 0 Å². The third-order valence-corrected chi connectivity index (χ3v) is 3.82. The van der Waals surface area contributed by atoms with E-state index in [2.05, 4.69) is 11.9 Å². The molecule has 15 heavy (non-hydrogen) atoms. The van der Waals surface area contributed by atoms with Gasteiger partial charge < -0.3 is 4.90 Å². The van der Waals surface area contributed by atoms with Gasteiger partial charge in [0.2, 0.25) is 0 Å². The molecular weight excluding hydrogens is 191 g/mol. The van der Waals surface area contributed by atoms with Crippen LogP contribution in [-0.4, -0.2) is 43.2 Å². The molecule has 2 aliphatic rings. The van der Waals surface area contributed by atoms with Gasteiger partial charge in [-0.3, -0.25) is 0 Å². The quantitative estimate of drug-likeness (QED) is 0.574. The maximum atomic E-state index is 12.8. The molecule has 1 spiro atoms. The highest BCUT2D eigenvalue weighted by atomic mass is 19.2. The van der Waals surface area contributed by atoms with Crippen molar-refractivity contribution in [3.8, 4) is 0 Å². The minimum Gasteiger partial charge on any atom is -0.306 e. The van der Waals surface area contributed by atoms with Crippen molar-refractivity contribution in [2.75, 3.05) is 33.2 Å². The molecule has 0 aromatic carbocycles. The molecule has 0 amide bonds. The Morgan fingerprint density at radius 2 is 1.27 bits per heavy atom. The minimum absolute atomic E-state index is 0.495. The third kappa shape index (κ3) is 3.42. The smallest absolute Gasteiger partial charge is 0.0295 e. The number of hydrogen-bond acceptors (Lipinski definition) is 2. The summed E-state index contributed by atoms with van der Waals surface area (Å²) in [6.07, 6.45) is 4.68. The highest BCUT2D eigenvalue weighted by molar-refractivity contribution is 4.88. The van der Waals surface area contributed by atoms with Gasteiger partial charge in [0.15, 0.2) is 0 Å². The molecule has 0 radical (unpaired) electrons. The Morgan fingerprint density at radius 1 is 0.867 bits per heavy atom. The van der Waals surface area contributed by atoms with Crippen molar-refractivity contribution in [2.24, 2.45) is 5.41 Å². The van der Waals surface area contributed by atoms with Crippen LogP contribution in [0, 0.1) is 5.41 Å². The zero-order valence-electron chi connectivity index (χ0n) is 10.4. The predicted molar refractivity (Wildman–Crippen MR) is 62.4 cm³/mol. The van der Waals surface area contributed by atoms with Gasteiger partial charge in [0.05, 0.1) is 0 Å². The summed E-state index contributed by atoms with van der Waals surface area (Å²) in [5, 5.41) is 0.976. The van der Waals surface area contributed by atoms with Gasteiger partial charge in [-0.15, -0.1) is 9.60 Å². The molecule has 0 unspecified atom stereocenters. The fraction of sp³-hybridized carbons (Fsp3) is 1.00. The molecule has 0 aromatic heterocycles. The van der Waals surface area contributed by atoms with Crippen LogP contribution >= 0.6 is 0 Å². The number of likely N-dealkylation sites (tertiary alicyclic amines) is 1. The van der Waals surface area contributed by atoms with Crippen molar-refractivity contribution in [2.45, 2.75) is 39.5 Å². The number of halogens is 1. The van der Waals surface area contributed by atoms with Crippen LogP contribution in [0.4, 0.5) is 4.48 Å². The van der Waals surface area contributed by atoms with Crippen molar-refractivity contribution < 1.29 is 4.48 Å². The van der Waals surface area contributed by atoms with Gasteiger partial charge in [0.1, 0.15) is 0 Å². The fourth-order valence-corrected chi connectivity index (χ4v) is 2.55. The molecule has 2 nitrogen and oxygen atoms in total. The lowest BCUT2D eigenvalue weighted by Crippen LogP contribution is -2.43. The van der Waals surface area contributed by atoms with Crippen LogP contribution in [-0.2, 0) is 0 Å². The van der Waals surface area contributed by atoms with Gasteiger partial charge >= 0.3 is 0 Å². The first kappa shape index (κ1) is 12.9. The van der Waals surface area contributed by atoms with Gasteiger partial charge in [-0.1, -0.05) is 13.8 Å². The molecule has 2 rings (SSSR count). The predicted octanol–water partition coefficient (Wildman–Crippen LogP) is 2.70. The molecule has 2 fully saturated rings. The first-order valence-electron chi connectivity index (χ1n) is 6.30. The van der Waals surface area contributed by atoms with E-state index in [1.165, 1.54) is 25.9 Å². The molecule has 90 valence electrons. The normalized spacial score (nSPS) is 27.2. The summed E-state index contributed by atoms with van der Waals surface area (Å²) in [5.41, 5.74) is 0.495. The van der Waals surface area contributed by atoms with Crippen LogP contribution in [0.3, 0.4) is 0 Å². The van der Waals surface area contributed by atoms with Crippen LogP contribution in [0.5, 0.6) is 0 Å². The van der Waals surface area contributed by atoms with Gasteiger partial charge in [0.25, 0.3) is 0 Å². The van der Waals surface area contributed by atoms with E-state index >= 15 is 0 Å². The monoisotopic (exact) mass is 216 g/mol. The van der Waals surface area contributed by atoms with E-state index in [0.717, 1.165) is 18.0 Å². The lowest BCUT2D eigenvalue weighted by Gasteiger charge is -2.44. The van der Waals surface area contributed by atoms with Crippen LogP contribution in [0.1, 0.15) is 39.5 Å². The molecule has 0 N–H and O–H groups in total. The Kier molecular flexibility index (Phi) is 5.00. The van der Waals surface area contributed by atoms with Crippen LogP contribution < -0.4 is 0 Å². The molecule has 0 aliphatic carbocycles. The number of rotatable bonds is 0. The molecule has 2 aliphatic heterocycles. The van der Waals surface area contributed by atoms with Crippen LogP contribution in [0.25, 0.3) is 0 Å². The fourth-order valence-electron chi connectivity index (χ4n) is 2.55. The second-order valence-corrected chi connectivity index (χ2v) is 4.71. The van der Waals surface area contributed by atoms with Crippen molar-refractivity contribution >= 4 is 0 Å². The summed E-state index contributed by atoms with van der Waals surface area (Å²) in [6.45, 7) is 7.71. The summed E-state index contributed by atoms with van der Waals surface area (Å²) < 4.78 is 12.8. The van der Waals surface area contributed by atoms with E-state index in [1.807, 2.05) is 13.8 Å². The second kappa shape index (κ2) is 5.80. The number of hydrogen-bond donors (Lipinski definition) is 0. The zero-order chi connectivity index (χ0) is 11.3. The van der Waals surface area contributed by atoms with Crippen molar-refractivity contribution in [3.05, 3.63) is 0 Å². The standard InChI is InChI=1S/C10H19FN2.C2H6/c1-12-6-2-10(3-7-12)4-8-13(11)9-5-10;1-2/h2-9H2,1H3;1-2H3. The zero-order valence-corrected chi connectivity index (χ0v) is 10.4. The second-order valence-electron chi connectivity index (χ2n) is 4.71. The summed E-state index contributed by atoms with van der Waals surface area (Å²) in [5.74, 6) is 0. The van der Waals surface area contributed by atoms with E-state index in [1.54, 1.807) is 0 Å². The maximum absolute atomic E-state index is 12.8. The van der Waals surface area contributed by atoms with E-state index < -0.39 is 0 Å². The molecule has 0 atom stereocenters. The summed E-state index contributed by atoms with van der Waals surface area (Å²) >= 11 is 0.